The Morgan fingerprint density at radius 2 is 2.18 bits per heavy atom. The molecular weight excluding hydrogens is 236 g/mol. The van der Waals surface area contributed by atoms with Crippen LogP contribution in [0, 0.1) is 6.92 Å². The number of hydrogen-bond donors (Lipinski definition) is 0. The van der Waals surface area contributed by atoms with Crippen LogP contribution in [-0.4, -0.2) is 17.1 Å². The smallest absolute Gasteiger partial charge is 0.224 e. The van der Waals surface area contributed by atoms with Crippen molar-refractivity contribution >= 4 is 22.4 Å². The van der Waals surface area contributed by atoms with Crippen molar-refractivity contribution in [1.82, 2.24) is 9.97 Å². The van der Waals surface area contributed by atoms with Gasteiger partial charge in [0.25, 0.3) is 0 Å². The Bertz CT molecular complexity index is 672. The quantitative estimate of drug-likeness (QED) is 0.696. The maximum absolute atomic E-state index is 5.43. The van der Waals surface area contributed by atoms with Crippen molar-refractivity contribution < 1.29 is 9.15 Å². The minimum absolute atomic E-state index is 0.640. The molecule has 0 aliphatic rings. The van der Waals surface area contributed by atoms with E-state index in [-0.39, 0.29) is 0 Å². The van der Waals surface area contributed by atoms with Crippen LogP contribution in [0.4, 0.5) is 0 Å². The minimum atomic E-state index is 0.640. The fourth-order valence-electron chi connectivity index (χ4n) is 1.66. The monoisotopic (exact) mass is 246 g/mol. The van der Waals surface area contributed by atoms with Crippen LogP contribution in [0.1, 0.15) is 5.89 Å². The number of benzene rings is 1. The van der Waals surface area contributed by atoms with Crippen LogP contribution < -0.4 is 4.74 Å². The third-order valence-electron chi connectivity index (χ3n) is 2.43. The predicted octanol–water partition coefficient (Wildman–Crippen LogP) is 3.27. The van der Waals surface area contributed by atoms with E-state index in [1.165, 1.54) is 0 Å². The van der Waals surface area contributed by atoms with Gasteiger partial charge < -0.3 is 9.15 Å². The Morgan fingerprint density at radius 3 is 2.94 bits per heavy atom. The lowest BCUT2D eigenvalue weighted by Gasteiger charge is -1.95. The SMILES string of the molecule is COc1csc(-c2ccc3oc(C)nc3c2)n1. The number of aryl methyl sites for hydroxylation is 1. The zero-order valence-corrected chi connectivity index (χ0v) is 10.2. The molecule has 2 heterocycles. The standard InChI is InChI=1S/C12H10N2O2S/c1-7-13-9-5-8(3-4-10(9)16-7)12-14-11(15-2)6-17-12/h3-6H,1-2H3. The number of rotatable bonds is 2. The largest absolute Gasteiger partial charge is 0.480 e. The fourth-order valence-corrected chi connectivity index (χ4v) is 2.43. The molecule has 1 aromatic carbocycles. The van der Waals surface area contributed by atoms with E-state index < -0.39 is 0 Å². The summed E-state index contributed by atoms with van der Waals surface area (Å²) in [6, 6.07) is 5.87. The summed E-state index contributed by atoms with van der Waals surface area (Å²) in [5.41, 5.74) is 2.68. The summed E-state index contributed by atoms with van der Waals surface area (Å²) in [6.45, 7) is 1.84. The third kappa shape index (κ3) is 1.78. The molecule has 0 N–H and O–H groups in total. The molecule has 2 aromatic heterocycles. The molecule has 3 rings (SSSR count). The summed E-state index contributed by atoms with van der Waals surface area (Å²) in [5.74, 6) is 1.32. The number of oxazole rings is 1. The lowest BCUT2D eigenvalue weighted by molar-refractivity contribution is 0.401. The van der Waals surface area contributed by atoms with Crippen molar-refractivity contribution in [3.8, 4) is 16.5 Å². The van der Waals surface area contributed by atoms with Crippen molar-refractivity contribution in [2.45, 2.75) is 6.92 Å². The number of ether oxygens (including phenoxy) is 1. The Hall–Kier alpha value is -1.88. The molecule has 4 nitrogen and oxygen atoms in total. The number of nitrogens with zero attached hydrogens (tertiary/aromatic N) is 2. The molecule has 0 atom stereocenters. The summed E-state index contributed by atoms with van der Waals surface area (Å²) in [7, 11) is 1.61. The molecule has 0 aliphatic heterocycles. The van der Waals surface area contributed by atoms with Gasteiger partial charge in [0.1, 0.15) is 10.5 Å². The zero-order chi connectivity index (χ0) is 11.8. The molecule has 0 radical (unpaired) electrons. The Morgan fingerprint density at radius 1 is 1.29 bits per heavy atom. The number of methoxy groups -OCH3 is 1. The molecule has 5 heteroatoms. The van der Waals surface area contributed by atoms with Crippen LogP contribution in [0.3, 0.4) is 0 Å². The molecule has 0 aliphatic carbocycles. The Labute approximate surface area is 102 Å². The van der Waals surface area contributed by atoms with Crippen molar-refractivity contribution in [3.05, 3.63) is 29.5 Å². The average molecular weight is 246 g/mol. The van der Waals surface area contributed by atoms with Gasteiger partial charge >= 0.3 is 0 Å². The molecular formula is C12H10N2O2S. The molecule has 3 aromatic rings. The highest BCUT2D eigenvalue weighted by molar-refractivity contribution is 7.13. The summed E-state index contributed by atoms with van der Waals surface area (Å²) in [4.78, 5) is 8.66. The second kappa shape index (κ2) is 3.85. The van der Waals surface area contributed by atoms with E-state index >= 15 is 0 Å². The highest BCUT2D eigenvalue weighted by Crippen LogP contribution is 2.29. The first kappa shape index (κ1) is 10.3. The first-order chi connectivity index (χ1) is 8.26. The normalized spacial score (nSPS) is 10.9. The van der Waals surface area contributed by atoms with Crippen LogP contribution in [0.25, 0.3) is 21.7 Å². The number of fused-ring (bicyclic) bond motifs is 1. The van der Waals surface area contributed by atoms with Gasteiger partial charge in [-0.15, -0.1) is 11.3 Å². The van der Waals surface area contributed by atoms with Gasteiger partial charge in [0.2, 0.25) is 5.88 Å². The molecule has 0 saturated heterocycles. The van der Waals surface area contributed by atoms with E-state index in [1.54, 1.807) is 18.4 Å². The second-order valence-corrected chi connectivity index (χ2v) is 4.47. The molecule has 0 unspecified atom stereocenters. The van der Waals surface area contributed by atoms with E-state index in [9.17, 15) is 0 Å². The van der Waals surface area contributed by atoms with Crippen LogP contribution >= 0.6 is 11.3 Å². The Kier molecular flexibility index (Phi) is 2.33. The van der Waals surface area contributed by atoms with Crippen LogP contribution in [0.5, 0.6) is 5.88 Å². The van der Waals surface area contributed by atoms with Gasteiger partial charge in [0.05, 0.1) is 12.5 Å². The molecule has 86 valence electrons. The molecule has 0 saturated carbocycles. The molecule has 0 spiro atoms. The van der Waals surface area contributed by atoms with Crippen molar-refractivity contribution in [2.75, 3.05) is 7.11 Å². The third-order valence-corrected chi connectivity index (χ3v) is 3.30. The van der Waals surface area contributed by atoms with Gasteiger partial charge in [-0.3, -0.25) is 0 Å². The summed E-state index contributed by atoms with van der Waals surface area (Å²) >= 11 is 1.55. The van der Waals surface area contributed by atoms with E-state index in [4.69, 9.17) is 9.15 Å². The minimum Gasteiger partial charge on any atom is -0.480 e. The molecule has 17 heavy (non-hydrogen) atoms. The highest BCUT2D eigenvalue weighted by atomic mass is 32.1. The maximum atomic E-state index is 5.43. The van der Waals surface area contributed by atoms with Gasteiger partial charge in [0, 0.05) is 12.5 Å². The van der Waals surface area contributed by atoms with Crippen LogP contribution in [0.15, 0.2) is 28.0 Å². The van der Waals surface area contributed by atoms with Crippen LogP contribution in [-0.2, 0) is 0 Å². The van der Waals surface area contributed by atoms with Gasteiger partial charge in [-0.05, 0) is 18.2 Å². The van der Waals surface area contributed by atoms with Gasteiger partial charge in [-0.25, -0.2) is 9.97 Å². The molecule has 0 bridgehead atoms. The van der Waals surface area contributed by atoms with Crippen LogP contribution in [0.2, 0.25) is 0 Å². The van der Waals surface area contributed by atoms with Crippen molar-refractivity contribution in [3.63, 3.8) is 0 Å². The van der Waals surface area contributed by atoms with Gasteiger partial charge in [-0.1, -0.05) is 0 Å². The summed E-state index contributed by atoms with van der Waals surface area (Å²) in [5, 5.41) is 2.80. The predicted molar refractivity (Wildman–Crippen MR) is 66.4 cm³/mol. The first-order valence-electron chi connectivity index (χ1n) is 5.13. The van der Waals surface area contributed by atoms with Crippen molar-refractivity contribution in [1.29, 1.82) is 0 Å². The topological polar surface area (TPSA) is 48.2 Å². The van der Waals surface area contributed by atoms with E-state index in [1.807, 2.05) is 30.5 Å². The number of aromatic nitrogens is 2. The number of hydrogen-bond acceptors (Lipinski definition) is 5. The van der Waals surface area contributed by atoms with Crippen molar-refractivity contribution in [2.24, 2.45) is 0 Å². The fraction of sp³-hybridized carbons (Fsp3) is 0.167. The zero-order valence-electron chi connectivity index (χ0n) is 9.43. The second-order valence-electron chi connectivity index (χ2n) is 3.61. The molecule has 0 fully saturated rings. The lowest BCUT2D eigenvalue weighted by atomic mass is 10.2. The first-order valence-corrected chi connectivity index (χ1v) is 6.01. The summed E-state index contributed by atoms with van der Waals surface area (Å²) < 4.78 is 10.5. The average Bonchev–Trinajstić information content (AvgIpc) is 2.92. The van der Waals surface area contributed by atoms with E-state index in [0.29, 0.717) is 11.8 Å². The maximum Gasteiger partial charge on any atom is 0.224 e. The van der Waals surface area contributed by atoms with Gasteiger partial charge in [-0.2, -0.15) is 0 Å². The molecule has 0 amide bonds. The Balaban J connectivity index is 2.10. The highest BCUT2D eigenvalue weighted by Gasteiger charge is 2.08. The number of thiazole rings is 1. The lowest BCUT2D eigenvalue weighted by Crippen LogP contribution is -1.82. The van der Waals surface area contributed by atoms with E-state index in [2.05, 4.69) is 9.97 Å². The van der Waals surface area contributed by atoms with Gasteiger partial charge in [0.15, 0.2) is 11.5 Å². The summed E-state index contributed by atoms with van der Waals surface area (Å²) in [6.07, 6.45) is 0. The van der Waals surface area contributed by atoms with E-state index in [0.717, 1.165) is 21.7 Å².